The maximum absolute atomic E-state index is 12.4. The average Bonchev–Trinajstić information content (AvgIpc) is 3.01. The van der Waals surface area contributed by atoms with Crippen molar-refractivity contribution in [1.29, 1.82) is 0 Å². The predicted octanol–water partition coefficient (Wildman–Crippen LogP) is 3.17. The van der Waals surface area contributed by atoms with E-state index < -0.39 is 0 Å². The minimum atomic E-state index is -0.331. The minimum absolute atomic E-state index is 0.104. The molecule has 27 heavy (non-hydrogen) atoms. The molecule has 7 heteroatoms. The molecule has 3 rings (SSSR count). The van der Waals surface area contributed by atoms with Crippen LogP contribution in [0, 0.1) is 6.92 Å². The Balaban J connectivity index is 1.88. The van der Waals surface area contributed by atoms with Gasteiger partial charge in [0.15, 0.2) is 11.4 Å². The zero-order valence-electron chi connectivity index (χ0n) is 15.6. The fraction of sp³-hybridized carbons (Fsp3) is 0.300. The molecule has 2 aromatic carbocycles. The number of carbonyl (C=O) groups excluding carboxylic acids is 1. The number of methoxy groups -OCH3 is 2. The Kier molecular flexibility index (Phi) is 6.26. The van der Waals surface area contributed by atoms with Crippen molar-refractivity contribution >= 4 is 27.5 Å². The van der Waals surface area contributed by atoms with Gasteiger partial charge in [0.05, 0.1) is 23.9 Å². The van der Waals surface area contributed by atoms with Crippen molar-refractivity contribution in [3.05, 3.63) is 52.8 Å². The molecular weight excluding hydrogens is 364 g/mol. The summed E-state index contributed by atoms with van der Waals surface area (Å²) in [4.78, 5) is 17.3. The second kappa shape index (κ2) is 8.83. The number of aromatic nitrogens is 1. The van der Waals surface area contributed by atoms with Crippen molar-refractivity contribution in [3.63, 3.8) is 0 Å². The van der Waals surface area contributed by atoms with Crippen LogP contribution in [0.15, 0.2) is 47.5 Å². The number of amides is 1. The first-order chi connectivity index (χ1) is 13.1. The maximum atomic E-state index is 12.4. The molecule has 3 aromatic rings. The number of thiazole rings is 1. The molecule has 0 spiro atoms. The van der Waals surface area contributed by atoms with Crippen molar-refractivity contribution in [2.45, 2.75) is 13.5 Å². The van der Waals surface area contributed by atoms with Gasteiger partial charge in [-0.25, -0.2) is 0 Å². The molecule has 1 heterocycles. The largest absolute Gasteiger partial charge is 0.497 e. The summed E-state index contributed by atoms with van der Waals surface area (Å²) in [6.07, 6.45) is 0. The van der Waals surface area contributed by atoms with Crippen LogP contribution >= 0.6 is 11.3 Å². The molecule has 0 aliphatic carbocycles. The highest BCUT2D eigenvalue weighted by Crippen LogP contribution is 2.23. The lowest BCUT2D eigenvalue weighted by Gasteiger charge is -2.06. The lowest BCUT2D eigenvalue weighted by atomic mass is 10.2. The monoisotopic (exact) mass is 386 g/mol. The van der Waals surface area contributed by atoms with E-state index in [0.717, 1.165) is 21.5 Å². The number of benzene rings is 2. The van der Waals surface area contributed by atoms with E-state index in [1.54, 1.807) is 14.2 Å². The van der Waals surface area contributed by atoms with Gasteiger partial charge in [-0.15, -0.1) is 0 Å². The summed E-state index contributed by atoms with van der Waals surface area (Å²) in [5.41, 5.74) is 1.97. The van der Waals surface area contributed by atoms with Gasteiger partial charge in [-0.05, 0) is 36.8 Å². The van der Waals surface area contributed by atoms with Crippen molar-refractivity contribution < 1.29 is 19.0 Å². The summed E-state index contributed by atoms with van der Waals surface area (Å²) < 4.78 is 19.1. The topological polar surface area (TPSA) is 62.1 Å². The molecule has 1 aromatic heterocycles. The highest BCUT2D eigenvalue weighted by molar-refractivity contribution is 7.16. The van der Waals surface area contributed by atoms with E-state index in [2.05, 4.69) is 4.99 Å². The third kappa shape index (κ3) is 4.56. The average molecular weight is 386 g/mol. The first kappa shape index (κ1) is 19.1. The number of hydrogen-bond acceptors (Lipinski definition) is 5. The number of carbonyl (C=O) groups is 1. The van der Waals surface area contributed by atoms with Gasteiger partial charge in [-0.2, -0.15) is 4.99 Å². The Bertz CT molecular complexity index is 1010. The van der Waals surface area contributed by atoms with Crippen molar-refractivity contribution in [3.8, 4) is 11.5 Å². The van der Waals surface area contributed by atoms with Crippen LogP contribution in [0.4, 0.5) is 0 Å². The van der Waals surface area contributed by atoms with Crippen molar-refractivity contribution in [2.24, 2.45) is 4.99 Å². The summed E-state index contributed by atoms with van der Waals surface area (Å²) in [5, 5.41) is 0. The fourth-order valence-corrected chi connectivity index (χ4v) is 3.76. The Morgan fingerprint density at radius 3 is 2.74 bits per heavy atom. The van der Waals surface area contributed by atoms with E-state index in [1.165, 1.54) is 11.3 Å². The second-order valence-electron chi connectivity index (χ2n) is 5.92. The fourth-order valence-electron chi connectivity index (χ4n) is 2.66. The van der Waals surface area contributed by atoms with E-state index in [9.17, 15) is 4.79 Å². The molecule has 0 saturated carbocycles. The van der Waals surface area contributed by atoms with Crippen LogP contribution in [0.3, 0.4) is 0 Å². The third-order valence-corrected chi connectivity index (χ3v) is 5.12. The van der Waals surface area contributed by atoms with E-state index in [0.29, 0.717) is 23.7 Å². The molecule has 6 nitrogen and oxygen atoms in total. The van der Waals surface area contributed by atoms with Gasteiger partial charge in [0.2, 0.25) is 0 Å². The van der Waals surface area contributed by atoms with Crippen LogP contribution in [-0.2, 0) is 16.1 Å². The van der Waals surface area contributed by atoms with Gasteiger partial charge < -0.3 is 18.8 Å². The number of nitrogens with zero attached hydrogens (tertiary/aromatic N) is 2. The van der Waals surface area contributed by atoms with Gasteiger partial charge >= 0.3 is 0 Å². The quantitative estimate of drug-likeness (QED) is 0.626. The summed E-state index contributed by atoms with van der Waals surface area (Å²) in [6, 6.07) is 13.4. The lowest BCUT2D eigenvalue weighted by molar-refractivity contribution is -0.120. The Morgan fingerprint density at radius 2 is 2.00 bits per heavy atom. The smallest absolute Gasteiger partial charge is 0.286 e. The highest BCUT2D eigenvalue weighted by Gasteiger charge is 2.10. The number of aryl methyl sites for hydroxylation is 1. The minimum Gasteiger partial charge on any atom is -0.497 e. The molecule has 142 valence electrons. The number of para-hydroxylation sites is 1. The molecule has 0 unspecified atom stereocenters. The SMILES string of the molecule is COCCn1c(=NC(=O)COc2ccccc2C)sc2cc(OC)ccc21. The second-order valence-corrected chi connectivity index (χ2v) is 6.93. The molecule has 0 bridgehead atoms. The van der Waals surface area contributed by atoms with Crippen LogP contribution in [0.2, 0.25) is 0 Å². The first-order valence-corrected chi connectivity index (χ1v) is 9.36. The predicted molar refractivity (Wildman–Crippen MR) is 105 cm³/mol. The number of hydrogen-bond donors (Lipinski definition) is 0. The van der Waals surface area contributed by atoms with Gasteiger partial charge in [-0.3, -0.25) is 4.79 Å². The standard InChI is InChI=1S/C20H22N2O4S/c1-14-6-4-5-7-17(14)26-13-19(23)21-20-22(10-11-24-2)16-9-8-15(25-3)12-18(16)27-20/h4-9,12H,10-11,13H2,1-3H3. The molecule has 0 aliphatic heterocycles. The van der Waals surface area contributed by atoms with Gasteiger partial charge in [0, 0.05) is 13.7 Å². The Morgan fingerprint density at radius 1 is 1.19 bits per heavy atom. The summed E-state index contributed by atoms with van der Waals surface area (Å²) in [6.45, 7) is 2.97. The molecule has 0 N–H and O–H groups in total. The molecule has 0 saturated heterocycles. The van der Waals surface area contributed by atoms with Crippen LogP contribution in [0.5, 0.6) is 11.5 Å². The highest BCUT2D eigenvalue weighted by atomic mass is 32.1. The van der Waals surface area contributed by atoms with Gasteiger partial charge in [0.25, 0.3) is 5.91 Å². The Labute approximate surface area is 161 Å². The van der Waals surface area contributed by atoms with E-state index in [-0.39, 0.29) is 12.5 Å². The van der Waals surface area contributed by atoms with E-state index >= 15 is 0 Å². The summed E-state index contributed by atoms with van der Waals surface area (Å²) in [7, 11) is 3.28. The molecule has 0 aliphatic rings. The van der Waals surface area contributed by atoms with Gasteiger partial charge in [-0.1, -0.05) is 29.5 Å². The normalized spacial score (nSPS) is 11.7. The van der Waals surface area contributed by atoms with Crippen molar-refractivity contribution in [2.75, 3.05) is 27.4 Å². The third-order valence-electron chi connectivity index (χ3n) is 4.07. The number of ether oxygens (including phenoxy) is 3. The molecular formula is C20H22N2O4S. The molecule has 0 radical (unpaired) electrons. The van der Waals surface area contributed by atoms with Crippen LogP contribution < -0.4 is 14.3 Å². The van der Waals surface area contributed by atoms with Crippen LogP contribution in [0.1, 0.15) is 5.56 Å². The Hall–Kier alpha value is -2.64. The van der Waals surface area contributed by atoms with E-state index in [4.69, 9.17) is 14.2 Å². The first-order valence-electron chi connectivity index (χ1n) is 8.54. The zero-order chi connectivity index (χ0) is 19.2. The summed E-state index contributed by atoms with van der Waals surface area (Å²) >= 11 is 1.44. The lowest BCUT2D eigenvalue weighted by Crippen LogP contribution is -2.21. The maximum Gasteiger partial charge on any atom is 0.286 e. The number of rotatable bonds is 7. The van der Waals surface area contributed by atoms with Crippen LogP contribution in [0.25, 0.3) is 10.2 Å². The summed E-state index contributed by atoms with van der Waals surface area (Å²) in [5.74, 6) is 1.13. The van der Waals surface area contributed by atoms with Crippen LogP contribution in [-0.4, -0.2) is 37.9 Å². The zero-order valence-corrected chi connectivity index (χ0v) is 16.4. The molecule has 0 fully saturated rings. The molecule has 1 amide bonds. The van der Waals surface area contributed by atoms with Crippen molar-refractivity contribution in [1.82, 2.24) is 4.57 Å². The molecule has 0 atom stereocenters. The number of fused-ring (bicyclic) bond motifs is 1. The van der Waals surface area contributed by atoms with E-state index in [1.807, 2.05) is 54.0 Å². The van der Waals surface area contributed by atoms with Gasteiger partial charge in [0.1, 0.15) is 11.5 Å².